The van der Waals surface area contributed by atoms with E-state index in [2.05, 4.69) is 0 Å². The molecule has 3 heterocycles. The van der Waals surface area contributed by atoms with E-state index in [0.29, 0.717) is 44.3 Å². The molecular formula is C21H30N2O5S. The number of amides is 1. The molecule has 3 aliphatic rings. The molecule has 0 radical (unpaired) electrons. The first-order valence-corrected chi connectivity index (χ1v) is 12.1. The van der Waals surface area contributed by atoms with Gasteiger partial charge in [-0.05, 0) is 56.9 Å². The Kier molecular flexibility index (Phi) is 6.24. The number of piperidine rings is 2. The summed E-state index contributed by atoms with van der Waals surface area (Å²) in [5, 5.41) is 0. The maximum atomic E-state index is 12.9. The lowest BCUT2D eigenvalue weighted by molar-refractivity contribution is -0.0956. The Morgan fingerprint density at radius 3 is 2.24 bits per heavy atom. The summed E-state index contributed by atoms with van der Waals surface area (Å²) in [7, 11) is -3.51. The van der Waals surface area contributed by atoms with E-state index in [0.717, 1.165) is 32.1 Å². The molecule has 29 heavy (non-hydrogen) atoms. The average Bonchev–Trinajstić information content (AvgIpc) is 3.28. The maximum absolute atomic E-state index is 12.9. The Balaban J connectivity index is 1.39. The highest BCUT2D eigenvalue weighted by Gasteiger charge is 2.33. The number of sulfonamides is 1. The zero-order valence-corrected chi connectivity index (χ0v) is 17.8. The molecule has 4 rings (SSSR count). The zero-order chi connectivity index (χ0) is 20.4. The average molecular weight is 423 g/mol. The van der Waals surface area contributed by atoms with E-state index in [4.69, 9.17) is 9.47 Å². The fourth-order valence-electron chi connectivity index (χ4n) is 4.54. The van der Waals surface area contributed by atoms with Gasteiger partial charge in [0.2, 0.25) is 10.0 Å². The van der Waals surface area contributed by atoms with Crippen LogP contribution in [0.2, 0.25) is 0 Å². The second-order valence-corrected chi connectivity index (χ2v) is 10.1. The first-order valence-electron chi connectivity index (χ1n) is 10.6. The molecule has 1 aromatic rings. The summed E-state index contributed by atoms with van der Waals surface area (Å²) >= 11 is 0. The Hall–Kier alpha value is -1.48. The van der Waals surface area contributed by atoms with E-state index in [-0.39, 0.29) is 23.1 Å². The molecule has 0 N–H and O–H groups in total. The number of benzene rings is 1. The molecule has 3 aliphatic heterocycles. The second kappa shape index (κ2) is 8.71. The molecule has 3 fully saturated rings. The van der Waals surface area contributed by atoms with Crippen LogP contribution in [0, 0.1) is 5.92 Å². The summed E-state index contributed by atoms with van der Waals surface area (Å²) in [6.07, 6.45) is 4.44. The van der Waals surface area contributed by atoms with Crippen LogP contribution in [-0.2, 0) is 19.5 Å². The quantitative estimate of drug-likeness (QED) is 0.745. The molecule has 1 atom stereocenters. The first kappa shape index (κ1) is 20.8. The van der Waals surface area contributed by atoms with Crippen molar-refractivity contribution in [3.05, 3.63) is 29.8 Å². The van der Waals surface area contributed by atoms with Crippen LogP contribution in [0.4, 0.5) is 0 Å². The lowest BCUT2D eigenvalue weighted by Gasteiger charge is -2.34. The minimum Gasteiger partial charge on any atom is -0.350 e. The molecule has 160 valence electrons. The van der Waals surface area contributed by atoms with E-state index in [9.17, 15) is 13.2 Å². The Bertz CT molecular complexity index is 812. The Labute approximate surface area is 173 Å². The van der Waals surface area contributed by atoms with Crippen molar-refractivity contribution in [1.82, 2.24) is 9.21 Å². The number of likely N-dealkylation sites (tertiary alicyclic amines) is 1. The van der Waals surface area contributed by atoms with Gasteiger partial charge in [0.05, 0.1) is 18.1 Å². The van der Waals surface area contributed by atoms with E-state index in [1.54, 1.807) is 28.6 Å². The van der Waals surface area contributed by atoms with E-state index in [1.807, 2.05) is 11.8 Å². The smallest absolute Gasteiger partial charge is 0.253 e. The number of carbonyl (C=O) groups excluding carboxylic acids is 1. The molecule has 0 aromatic heterocycles. The third-order valence-electron chi connectivity index (χ3n) is 6.31. The number of hydrogen-bond acceptors (Lipinski definition) is 5. The molecule has 0 saturated carbocycles. The summed E-state index contributed by atoms with van der Waals surface area (Å²) < 4.78 is 38.7. The van der Waals surface area contributed by atoms with Crippen molar-refractivity contribution in [2.45, 2.75) is 56.3 Å². The van der Waals surface area contributed by atoms with Crippen molar-refractivity contribution < 1.29 is 22.7 Å². The molecule has 1 aromatic carbocycles. The van der Waals surface area contributed by atoms with Crippen molar-refractivity contribution >= 4 is 15.9 Å². The van der Waals surface area contributed by atoms with E-state index < -0.39 is 10.0 Å². The van der Waals surface area contributed by atoms with Crippen LogP contribution >= 0.6 is 0 Å². The molecule has 3 saturated heterocycles. The van der Waals surface area contributed by atoms with Crippen LogP contribution in [0.1, 0.15) is 49.4 Å². The van der Waals surface area contributed by atoms with Crippen LogP contribution in [-0.4, -0.2) is 68.7 Å². The topological polar surface area (TPSA) is 76.2 Å². The third-order valence-corrected chi connectivity index (χ3v) is 8.34. The predicted molar refractivity (Wildman–Crippen MR) is 108 cm³/mol. The summed E-state index contributed by atoms with van der Waals surface area (Å²) in [4.78, 5) is 14.9. The van der Waals surface area contributed by atoms with Crippen molar-refractivity contribution in [2.24, 2.45) is 5.92 Å². The first-order chi connectivity index (χ1) is 14.0. The molecule has 0 aliphatic carbocycles. The molecule has 8 heteroatoms. The van der Waals surface area contributed by atoms with Gasteiger partial charge >= 0.3 is 0 Å². The lowest BCUT2D eigenvalue weighted by atomic mass is 9.95. The molecule has 1 amide bonds. The fraction of sp³-hybridized carbons (Fsp3) is 0.667. The highest BCUT2D eigenvalue weighted by molar-refractivity contribution is 7.89. The number of nitrogens with zero attached hydrogens (tertiary/aromatic N) is 2. The van der Waals surface area contributed by atoms with Crippen LogP contribution in [0.5, 0.6) is 0 Å². The summed E-state index contributed by atoms with van der Waals surface area (Å²) in [6, 6.07) is 6.43. The standard InChI is InChI=1S/C21H30N2O5S/c1-16-4-2-3-11-23(16)29(25,26)19-7-5-17(6-8-19)20(24)22-12-9-18(10-13-22)21-27-14-15-28-21/h5-8,16,18,21H,2-4,9-15H2,1H3. The number of hydrogen-bond donors (Lipinski definition) is 0. The van der Waals surface area contributed by atoms with Gasteiger partial charge in [-0.1, -0.05) is 6.42 Å². The van der Waals surface area contributed by atoms with Crippen LogP contribution in [0.3, 0.4) is 0 Å². The van der Waals surface area contributed by atoms with Crippen molar-refractivity contribution in [2.75, 3.05) is 32.8 Å². The van der Waals surface area contributed by atoms with Gasteiger partial charge in [0, 0.05) is 37.2 Å². The third kappa shape index (κ3) is 4.35. The van der Waals surface area contributed by atoms with Crippen LogP contribution < -0.4 is 0 Å². The molecule has 7 nitrogen and oxygen atoms in total. The molecular weight excluding hydrogens is 392 g/mol. The fourth-order valence-corrected chi connectivity index (χ4v) is 6.24. The van der Waals surface area contributed by atoms with Gasteiger partial charge in [0.15, 0.2) is 6.29 Å². The van der Waals surface area contributed by atoms with Crippen LogP contribution in [0.15, 0.2) is 29.2 Å². The lowest BCUT2D eigenvalue weighted by Crippen LogP contribution is -2.42. The van der Waals surface area contributed by atoms with Crippen molar-refractivity contribution in [3.63, 3.8) is 0 Å². The zero-order valence-electron chi connectivity index (χ0n) is 17.0. The van der Waals surface area contributed by atoms with Gasteiger partial charge in [-0.15, -0.1) is 0 Å². The molecule has 0 bridgehead atoms. The highest BCUT2D eigenvalue weighted by atomic mass is 32.2. The van der Waals surface area contributed by atoms with Crippen molar-refractivity contribution in [3.8, 4) is 0 Å². The van der Waals surface area contributed by atoms with Gasteiger partial charge < -0.3 is 14.4 Å². The summed E-state index contributed by atoms with van der Waals surface area (Å²) in [5.41, 5.74) is 0.530. The summed E-state index contributed by atoms with van der Waals surface area (Å²) in [5.74, 6) is 0.285. The van der Waals surface area contributed by atoms with E-state index >= 15 is 0 Å². The van der Waals surface area contributed by atoms with Gasteiger partial charge in [-0.25, -0.2) is 8.42 Å². The monoisotopic (exact) mass is 422 g/mol. The molecule has 1 unspecified atom stereocenters. The number of ether oxygens (including phenoxy) is 2. The van der Waals surface area contributed by atoms with Gasteiger partial charge in [0.25, 0.3) is 5.91 Å². The minimum atomic E-state index is -3.51. The molecule has 0 spiro atoms. The minimum absolute atomic E-state index is 0.0178. The highest BCUT2D eigenvalue weighted by Crippen LogP contribution is 2.28. The van der Waals surface area contributed by atoms with Gasteiger partial charge in [0.1, 0.15) is 0 Å². The number of carbonyl (C=O) groups is 1. The van der Waals surface area contributed by atoms with Gasteiger partial charge in [-0.3, -0.25) is 4.79 Å². The van der Waals surface area contributed by atoms with Gasteiger partial charge in [-0.2, -0.15) is 4.31 Å². The normalized spacial score (nSPS) is 25.4. The number of rotatable bonds is 4. The second-order valence-electron chi connectivity index (χ2n) is 8.22. The Morgan fingerprint density at radius 1 is 0.966 bits per heavy atom. The largest absolute Gasteiger partial charge is 0.350 e. The Morgan fingerprint density at radius 2 is 1.62 bits per heavy atom. The van der Waals surface area contributed by atoms with Crippen molar-refractivity contribution in [1.29, 1.82) is 0 Å². The SMILES string of the molecule is CC1CCCCN1S(=O)(=O)c1ccc(C(=O)N2CCC(C3OCCO3)CC2)cc1. The van der Waals surface area contributed by atoms with Crippen LogP contribution in [0.25, 0.3) is 0 Å². The van der Waals surface area contributed by atoms with E-state index in [1.165, 1.54) is 0 Å². The maximum Gasteiger partial charge on any atom is 0.253 e. The summed E-state index contributed by atoms with van der Waals surface area (Å²) in [6.45, 7) is 5.15. The predicted octanol–water partition coefficient (Wildman–Crippen LogP) is 2.47.